The molecule has 0 saturated carbocycles. The van der Waals surface area contributed by atoms with E-state index in [1.165, 1.54) is 30.5 Å². The Bertz CT molecular complexity index is 1750. The topological polar surface area (TPSA) is 99.3 Å². The Balaban J connectivity index is 1.28. The highest BCUT2D eigenvalue weighted by Gasteiger charge is 2.18. The zero-order valence-electron chi connectivity index (χ0n) is 19.9. The number of halogens is 1. The Morgan fingerprint density at radius 1 is 0.892 bits per heavy atom. The number of hydrogen-bond acceptors (Lipinski definition) is 6. The molecule has 1 fully saturated rings. The molecule has 6 aromatic rings. The van der Waals surface area contributed by atoms with E-state index in [4.69, 9.17) is 4.98 Å². The predicted molar refractivity (Wildman–Crippen MR) is 140 cm³/mol. The molecule has 1 saturated heterocycles. The molecule has 1 aliphatic heterocycles. The smallest absolute Gasteiger partial charge is 0.159 e. The van der Waals surface area contributed by atoms with Crippen LogP contribution >= 0.6 is 0 Å². The summed E-state index contributed by atoms with van der Waals surface area (Å²) in [5.41, 5.74) is 7.23. The van der Waals surface area contributed by atoms with Gasteiger partial charge in [-0.15, -0.1) is 0 Å². The van der Waals surface area contributed by atoms with E-state index in [2.05, 4.69) is 47.2 Å². The molecule has 0 unspecified atom stereocenters. The van der Waals surface area contributed by atoms with Crippen molar-refractivity contribution in [2.45, 2.75) is 19.4 Å². The first kappa shape index (κ1) is 21.8. The molecule has 0 amide bonds. The van der Waals surface area contributed by atoms with Crippen LogP contribution in [-0.4, -0.2) is 53.1 Å². The maximum Gasteiger partial charge on any atom is 0.159 e. The lowest BCUT2D eigenvalue weighted by atomic mass is 10.1. The van der Waals surface area contributed by atoms with Crippen molar-refractivity contribution in [3.8, 4) is 33.9 Å². The molecule has 0 aliphatic carbocycles. The molecule has 5 aromatic heterocycles. The number of benzene rings is 1. The predicted octanol–water partition coefficient (Wildman–Crippen LogP) is 5.36. The number of rotatable bonds is 5. The quantitative estimate of drug-likeness (QED) is 0.338. The second kappa shape index (κ2) is 8.86. The van der Waals surface area contributed by atoms with Gasteiger partial charge < -0.3 is 4.98 Å². The summed E-state index contributed by atoms with van der Waals surface area (Å²) in [6, 6.07) is 12.5. The second-order valence-corrected chi connectivity index (χ2v) is 9.41. The van der Waals surface area contributed by atoms with Crippen molar-refractivity contribution in [1.82, 2.24) is 40.0 Å². The van der Waals surface area contributed by atoms with Gasteiger partial charge in [-0.3, -0.25) is 20.0 Å². The number of imidazole rings is 1. The highest BCUT2D eigenvalue weighted by atomic mass is 19.1. The minimum Gasteiger partial charge on any atom is -0.336 e. The monoisotopic (exact) mass is 490 g/mol. The van der Waals surface area contributed by atoms with Crippen LogP contribution in [0.3, 0.4) is 0 Å². The summed E-state index contributed by atoms with van der Waals surface area (Å²) in [5.74, 6) is 0.273. The third kappa shape index (κ3) is 4.03. The van der Waals surface area contributed by atoms with Crippen LogP contribution in [0.25, 0.3) is 56.0 Å². The van der Waals surface area contributed by atoms with Gasteiger partial charge in [0.1, 0.15) is 17.0 Å². The number of aromatic amines is 2. The number of hydrogen-bond donors (Lipinski definition) is 2. The fourth-order valence-corrected chi connectivity index (χ4v) is 5.07. The fraction of sp³-hybridized carbons (Fsp3) is 0.179. The van der Waals surface area contributed by atoms with Crippen molar-refractivity contribution < 1.29 is 4.39 Å². The molecule has 7 rings (SSSR count). The minimum absolute atomic E-state index is 0.317. The summed E-state index contributed by atoms with van der Waals surface area (Å²) in [5, 5.41) is 8.38. The molecule has 6 heterocycles. The van der Waals surface area contributed by atoms with Gasteiger partial charge in [0.15, 0.2) is 11.5 Å². The van der Waals surface area contributed by atoms with E-state index in [-0.39, 0.29) is 5.82 Å². The first-order valence-corrected chi connectivity index (χ1v) is 12.3. The van der Waals surface area contributed by atoms with Crippen molar-refractivity contribution in [2.24, 2.45) is 0 Å². The highest BCUT2D eigenvalue weighted by Crippen LogP contribution is 2.32. The van der Waals surface area contributed by atoms with E-state index in [0.717, 1.165) is 41.7 Å². The van der Waals surface area contributed by atoms with E-state index < -0.39 is 0 Å². The number of aromatic nitrogens is 7. The number of nitrogens with zero attached hydrogens (tertiary/aromatic N) is 6. The molecule has 2 N–H and O–H groups in total. The molecule has 0 bridgehead atoms. The lowest BCUT2D eigenvalue weighted by Gasteiger charge is -2.14. The third-order valence-electron chi connectivity index (χ3n) is 6.87. The van der Waals surface area contributed by atoms with Crippen molar-refractivity contribution >= 4 is 22.1 Å². The van der Waals surface area contributed by atoms with Crippen LogP contribution in [-0.2, 0) is 6.54 Å². The summed E-state index contributed by atoms with van der Waals surface area (Å²) in [6.07, 6.45) is 9.86. The van der Waals surface area contributed by atoms with Crippen LogP contribution in [0, 0.1) is 5.82 Å². The molecule has 8 nitrogen and oxygen atoms in total. The number of likely N-dealkylation sites (tertiary alicyclic amines) is 1. The Labute approximate surface area is 211 Å². The maximum absolute atomic E-state index is 13.9. The molecule has 0 radical (unpaired) electrons. The first-order valence-electron chi connectivity index (χ1n) is 12.3. The van der Waals surface area contributed by atoms with E-state index in [9.17, 15) is 4.39 Å². The van der Waals surface area contributed by atoms with Crippen molar-refractivity contribution in [3.05, 3.63) is 78.6 Å². The number of H-pyrrole nitrogens is 2. The maximum atomic E-state index is 13.9. The van der Waals surface area contributed by atoms with Gasteiger partial charge in [0.25, 0.3) is 0 Å². The normalized spacial score (nSPS) is 14.2. The van der Waals surface area contributed by atoms with E-state index in [1.807, 2.05) is 30.7 Å². The van der Waals surface area contributed by atoms with Crippen molar-refractivity contribution in [2.75, 3.05) is 13.1 Å². The first-order chi connectivity index (χ1) is 18.2. The summed E-state index contributed by atoms with van der Waals surface area (Å²) in [4.78, 5) is 24.2. The highest BCUT2D eigenvalue weighted by molar-refractivity contribution is 5.96. The second-order valence-electron chi connectivity index (χ2n) is 9.41. The molecule has 9 heteroatoms. The minimum atomic E-state index is -0.317. The van der Waals surface area contributed by atoms with Crippen LogP contribution in [0.5, 0.6) is 0 Å². The van der Waals surface area contributed by atoms with Gasteiger partial charge in [-0.05, 0) is 61.8 Å². The summed E-state index contributed by atoms with van der Waals surface area (Å²) in [6.45, 7) is 3.20. The summed E-state index contributed by atoms with van der Waals surface area (Å²) < 4.78 is 13.9. The van der Waals surface area contributed by atoms with Gasteiger partial charge in [-0.1, -0.05) is 12.1 Å². The Hall–Kier alpha value is -4.50. The van der Waals surface area contributed by atoms with Crippen molar-refractivity contribution in [3.63, 3.8) is 0 Å². The van der Waals surface area contributed by atoms with Gasteiger partial charge in [-0.2, -0.15) is 5.10 Å². The number of fused-ring (bicyclic) bond motifs is 2. The van der Waals surface area contributed by atoms with Gasteiger partial charge in [-0.25, -0.2) is 14.4 Å². The van der Waals surface area contributed by atoms with Crippen LogP contribution in [0.4, 0.5) is 4.39 Å². The van der Waals surface area contributed by atoms with Gasteiger partial charge in [0, 0.05) is 48.0 Å². The van der Waals surface area contributed by atoms with E-state index in [1.54, 1.807) is 12.3 Å². The third-order valence-corrected chi connectivity index (χ3v) is 6.87. The van der Waals surface area contributed by atoms with Gasteiger partial charge in [0.2, 0.25) is 0 Å². The molecule has 37 heavy (non-hydrogen) atoms. The zero-order chi connectivity index (χ0) is 24.8. The Morgan fingerprint density at radius 2 is 1.78 bits per heavy atom. The SMILES string of the molecule is Fc1cccc(-c2nccc3[nH]c(-c4n[nH]c5ncc(-c6cncc(CN7CCCC7)c6)cc45)nc23)c1. The lowest BCUT2D eigenvalue weighted by Crippen LogP contribution is -2.18. The largest absolute Gasteiger partial charge is 0.336 e. The average molecular weight is 491 g/mol. The van der Waals surface area contributed by atoms with E-state index in [0.29, 0.717) is 33.9 Å². The number of pyridine rings is 3. The zero-order valence-corrected chi connectivity index (χ0v) is 19.9. The van der Waals surface area contributed by atoms with E-state index >= 15 is 0 Å². The van der Waals surface area contributed by atoms with Crippen LogP contribution in [0.1, 0.15) is 18.4 Å². The Kier molecular flexibility index (Phi) is 5.21. The molecule has 182 valence electrons. The molecule has 0 atom stereocenters. The number of nitrogens with one attached hydrogen (secondary N) is 2. The van der Waals surface area contributed by atoms with Gasteiger partial charge >= 0.3 is 0 Å². The molecular weight excluding hydrogens is 467 g/mol. The molecule has 1 aliphatic rings. The van der Waals surface area contributed by atoms with Crippen LogP contribution < -0.4 is 0 Å². The summed E-state index contributed by atoms with van der Waals surface area (Å²) in [7, 11) is 0. The van der Waals surface area contributed by atoms with Gasteiger partial charge in [0.05, 0.1) is 16.6 Å². The van der Waals surface area contributed by atoms with Crippen LogP contribution in [0.2, 0.25) is 0 Å². The lowest BCUT2D eigenvalue weighted by molar-refractivity contribution is 0.331. The standard InChI is InChI=1S/C28H23FN8/c29-21-5-3-4-18(11-21)24-26-23(6-7-31-24)33-28(34-26)25-22-12-20(15-32-27(22)36-35-25)19-10-17(13-30-14-19)16-37-8-1-2-9-37/h3-7,10-15H,1-2,8-9,16H2,(H,33,34)(H,32,35,36). The molecule has 1 aromatic carbocycles. The summed E-state index contributed by atoms with van der Waals surface area (Å²) >= 11 is 0. The van der Waals surface area contributed by atoms with Crippen molar-refractivity contribution in [1.29, 1.82) is 0 Å². The van der Waals surface area contributed by atoms with Crippen LogP contribution in [0.15, 0.2) is 67.3 Å². The average Bonchev–Trinajstić information content (AvgIpc) is 3.67. The Morgan fingerprint density at radius 3 is 2.68 bits per heavy atom. The molecular formula is C28H23FN8. The molecule has 0 spiro atoms. The fourth-order valence-electron chi connectivity index (χ4n) is 5.07.